The summed E-state index contributed by atoms with van der Waals surface area (Å²) < 4.78 is 0. The molecule has 0 aliphatic rings. The van der Waals surface area contributed by atoms with Gasteiger partial charge in [0.1, 0.15) is 0 Å². The highest BCUT2D eigenvalue weighted by atomic mass is 14.7. The van der Waals surface area contributed by atoms with E-state index in [2.05, 4.69) is 11.9 Å². The third-order valence-corrected chi connectivity index (χ3v) is 1.49. The molecule has 2 nitrogen and oxygen atoms in total. The van der Waals surface area contributed by atoms with Crippen LogP contribution in [-0.4, -0.2) is 4.98 Å². The quantitative estimate of drug-likeness (QED) is 0.615. The van der Waals surface area contributed by atoms with Crippen molar-refractivity contribution in [3.63, 3.8) is 0 Å². The summed E-state index contributed by atoms with van der Waals surface area (Å²) in [5.74, 6) is 0. The van der Waals surface area contributed by atoms with Crippen LogP contribution in [-0.2, 0) is 0 Å². The lowest BCUT2D eigenvalue weighted by molar-refractivity contribution is 0.700. The molecule has 1 aromatic heterocycles. The van der Waals surface area contributed by atoms with Crippen LogP contribution in [0.1, 0.15) is 24.9 Å². The van der Waals surface area contributed by atoms with E-state index in [9.17, 15) is 0 Å². The van der Waals surface area contributed by atoms with Crippen LogP contribution in [0.3, 0.4) is 0 Å². The van der Waals surface area contributed by atoms with Gasteiger partial charge in [0.05, 0.1) is 0 Å². The van der Waals surface area contributed by atoms with Crippen molar-refractivity contribution in [1.29, 1.82) is 0 Å². The topological polar surface area (TPSA) is 41.8 Å². The van der Waals surface area contributed by atoms with E-state index in [1.807, 2.05) is 18.5 Å². The number of aromatic amines is 1. The SMILES string of the molecule is CCC(N)c1cc[nH]c1. The van der Waals surface area contributed by atoms with Crippen molar-refractivity contribution < 1.29 is 0 Å². The largest absolute Gasteiger partial charge is 0.367 e. The number of aromatic nitrogens is 1. The maximum absolute atomic E-state index is 5.72. The lowest BCUT2D eigenvalue weighted by atomic mass is 10.1. The van der Waals surface area contributed by atoms with Gasteiger partial charge in [0.25, 0.3) is 0 Å². The molecule has 0 saturated carbocycles. The molecule has 50 valence electrons. The number of nitrogens with two attached hydrogens (primary N) is 1. The Morgan fingerprint density at radius 3 is 3.00 bits per heavy atom. The Balaban J connectivity index is 2.65. The van der Waals surface area contributed by atoms with E-state index >= 15 is 0 Å². The van der Waals surface area contributed by atoms with E-state index in [0.29, 0.717) is 0 Å². The molecule has 1 rings (SSSR count). The van der Waals surface area contributed by atoms with Gasteiger partial charge in [-0.2, -0.15) is 0 Å². The minimum Gasteiger partial charge on any atom is -0.367 e. The molecular weight excluding hydrogens is 112 g/mol. The Labute approximate surface area is 55.1 Å². The zero-order valence-electron chi connectivity index (χ0n) is 5.59. The fourth-order valence-corrected chi connectivity index (χ4v) is 0.803. The molecule has 0 aromatic carbocycles. The number of H-pyrrole nitrogens is 1. The van der Waals surface area contributed by atoms with E-state index in [4.69, 9.17) is 5.73 Å². The van der Waals surface area contributed by atoms with E-state index in [0.717, 1.165) is 6.42 Å². The number of rotatable bonds is 2. The van der Waals surface area contributed by atoms with Gasteiger partial charge in [0.15, 0.2) is 0 Å². The fourth-order valence-electron chi connectivity index (χ4n) is 0.803. The van der Waals surface area contributed by atoms with E-state index < -0.39 is 0 Å². The van der Waals surface area contributed by atoms with Gasteiger partial charge < -0.3 is 10.7 Å². The summed E-state index contributed by atoms with van der Waals surface area (Å²) in [5.41, 5.74) is 6.91. The molecule has 1 unspecified atom stereocenters. The lowest BCUT2D eigenvalue weighted by Crippen LogP contribution is -2.06. The van der Waals surface area contributed by atoms with Gasteiger partial charge in [-0.25, -0.2) is 0 Å². The molecule has 9 heavy (non-hydrogen) atoms. The van der Waals surface area contributed by atoms with Gasteiger partial charge in [-0.05, 0) is 18.1 Å². The van der Waals surface area contributed by atoms with Gasteiger partial charge in [0, 0.05) is 18.4 Å². The Bertz CT molecular complexity index is 155. The fraction of sp³-hybridized carbons (Fsp3) is 0.429. The molecule has 1 atom stereocenters. The minimum atomic E-state index is 0.205. The molecule has 0 fully saturated rings. The minimum absolute atomic E-state index is 0.205. The third-order valence-electron chi connectivity index (χ3n) is 1.49. The van der Waals surface area contributed by atoms with Gasteiger partial charge in [-0.3, -0.25) is 0 Å². The second kappa shape index (κ2) is 2.69. The first-order valence-corrected chi connectivity index (χ1v) is 3.23. The smallest absolute Gasteiger partial charge is 0.0307 e. The van der Waals surface area contributed by atoms with Crippen molar-refractivity contribution in [3.8, 4) is 0 Å². The van der Waals surface area contributed by atoms with Crippen LogP contribution >= 0.6 is 0 Å². The van der Waals surface area contributed by atoms with E-state index in [1.54, 1.807) is 0 Å². The van der Waals surface area contributed by atoms with Crippen LogP contribution in [0.4, 0.5) is 0 Å². The molecule has 1 aromatic rings. The molecule has 0 aliphatic heterocycles. The van der Waals surface area contributed by atoms with Crippen LogP contribution in [0, 0.1) is 0 Å². The first-order valence-electron chi connectivity index (χ1n) is 3.23. The Morgan fingerprint density at radius 1 is 1.78 bits per heavy atom. The molecule has 1 heterocycles. The molecule has 3 N–H and O–H groups in total. The monoisotopic (exact) mass is 124 g/mol. The predicted molar refractivity (Wildman–Crippen MR) is 38.0 cm³/mol. The number of nitrogens with one attached hydrogen (secondary N) is 1. The lowest BCUT2D eigenvalue weighted by Gasteiger charge is -2.03. The van der Waals surface area contributed by atoms with Gasteiger partial charge in [0.2, 0.25) is 0 Å². The average molecular weight is 124 g/mol. The van der Waals surface area contributed by atoms with Crippen molar-refractivity contribution in [2.24, 2.45) is 5.73 Å². The van der Waals surface area contributed by atoms with Crippen molar-refractivity contribution in [3.05, 3.63) is 24.0 Å². The standard InChI is InChI=1S/C7H12N2/c1-2-7(8)6-3-4-9-5-6/h3-5,7,9H,2,8H2,1H3. The summed E-state index contributed by atoms with van der Waals surface area (Å²) in [7, 11) is 0. The zero-order valence-corrected chi connectivity index (χ0v) is 5.59. The number of hydrogen-bond donors (Lipinski definition) is 2. The molecule has 0 amide bonds. The molecule has 0 radical (unpaired) electrons. The van der Waals surface area contributed by atoms with Crippen molar-refractivity contribution in [1.82, 2.24) is 4.98 Å². The summed E-state index contributed by atoms with van der Waals surface area (Å²) in [6.07, 6.45) is 4.83. The highest BCUT2D eigenvalue weighted by Crippen LogP contribution is 2.10. The van der Waals surface area contributed by atoms with Crippen LogP contribution in [0.15, 0.2) is 18.5 Å². The summed E-state index contributed by atoms with van der Waals surface area (Å²) in [4.78, 5) is 2.96. The highest BCUT2D eigenvalue weighted by molar-refractivity contribution is 5.12. The number of hydrogen-bond acceptors (Lipinski definition) is 1. The molecule has 2 heteroatoms. The zero-order chi connectivity index (χ0) is 6.69. The first kappa shape index (κ1) is 6.36. The Kier molecular flexibility index (Phi) is 1.90. The summed E-state index contributed by atoms with van der Waals surface area (Å²) in [6, 6.07) is 2.21. The van der Waals surface area contributed by atoms with Gasteiger partial charge in [-0.1, -0.05) is 6.92 Å². The van der Waals surface area contributed by atoms with Crippen molar-refractivity contribution in [2.75, 3.05) is 0 Å². The average Bonchev–Trinajstić information content (AvgIpc) is 2.37. The molecule has 0 bridgehead atoms. The molecule has 0 saturated heterocycles. The van der Waals surface area contributed by atoms with Crippen molar-refractivity contribution in [2.45, 2.75) is 19.4 Å². The predicted octanol–water partition coefficient (Wildman–Crippen LogP) is 1.42. The van der Waals surface area contributed by atoms with Crippen LogP contribution < -0.4 is 5.73 Å². The maximum Gasteiger partial charge on any atom is 0.0307 e. The van der Waals surface area contributed by atoms with Gasteiger partial charge in [-0.15, -0.1) is 0 Å². The second-order valence-electron chi connectivity index (χ2n) is 2.16. The van der Waals surface area contributed by atoms with E-state index in [1.165, 1.54) is 5.56 Å². The molecular formula is C7H12N2. The molecule has 0 aliphatic carbocycles. The first-order chi connectivity index (χ1) is 4.34. The summed E-state index contributed by atoms with van der Waals surface area (Å²) >= 11 is 0. The van der Waals surface area contributed by atoms with Crippen LogP contribution in [0.25, 0.3) is 0 Å². The van der Waals surface area contributed by atoms with Gasteiger partial charge >= 0.3 is 0 Å². The summed E-state index contributed by atoms with van der Waals surface area (Å²) in [6.45, 7) is 2.08. The van der Waals surface area contributed by atoms with Crippen LogP contribution in [0.2, 0.25) is 0 Å². The summed E-state index contributed by atoms with van der Waals surface area (Å²) in [5, 5.41) is 0. The maximum atomic E-state index is 5.72. The van der Waals surface area contributed by atoms with Crippen molar-refractivity contribution >= 4 is 0 Å². The molecule has 0 spiro atoms. The second-order valence-corrected chi connectivity index (χ2v) is 2.16. The van der Waals surface area contributed by atoms with E-state index in [-0.39, 0.29) is 6.04 Å². The van der Waals surface area contributed by atoms with Crippen LogP contribution in [0.5, 0.6) is 0 Å². The highest BCUT2D eigenvalue weighted by Gasteiger charge is 2.00. The third kappa shape index (κ3) is 1.33. The normalized spacial score (nSPS) is 13.6. The Hall–Kier alpha value is -0.760. The Morgan fingerprint density at radius 2 is 2.56 bits per heavy atom.